The van der Waals surface area contributed by atoms with Crippen LogP contribution >= 0.6 is 0 Å². The lowest BCUT2D eigenvalue weighted by atomic mass is 10.0. The summed E-state index contributed by atoms with van der Waals surface area (Å²) in [4.78, 5) is 6.43. The topological polar surface area (TPSA) is 54.2 Å². The van der Waals surface area contributed by atoms with Crippen LogP contribution in [0, 0.1) is 0 Å². The Morgan fingerprint density at radius 2 is 2.10 bits per heavy atom. The molecule has 0 saturated carbocycles. The predicted molar refractivity (Wildman–Crippen MR) is 80.6 cm³/mol. The van der Waals surface area contributed by atoms with E-state index in [1.165, 1.54) is 12.8 Å². The summed E-state index contributed by atoms with van der Waals surface area (Å²) < 4.78 is 1.86. The van der Waals surface area contributed by atoms with E-state index in [2.05, 4.69) is 15.0 Å². The molecule has 1 aliphatic rings. The van der Waals surface area contributed by atoms with Gasteiger partial charge < -0.3 is 5.11 Å². The number of rotatable bonds is 6. The molecule has 0 amide bonds. The van der Waals surface area contributed by atoms with Crippen LogP contribution in [-0.4, -0.2) is 43.9 Å². The molecule has 0 spiro atoms. The lowest BCUT2D eigenvalue weighted by Gasteiger charge is -2.26. The second kappa shape index (κ2) is 6.83. The van der Waals surface area contributed by atoms with Gasteiger partial charge in [-0.1, -0.05) is 30.3 Å². The standard InChI is InChI=1S/C16H22N4O/c21-16(14-5-2-1-3-6-14)11-15-7-4-8-19(15)9-10-20-13-17-12-18-20/h1-3,5-6,12-13,15-16,21H,4,7-11H2/t15-,16-/m1/s1. The zero-order valence-electron chi connectivity index (χ0n) is 12.2. The van der Waals surface area contributed by atoms with Gasteiger partial charge in [-0.2, -0.15) is 5.10 Å². The number of hydrogen-bond donors (Lipinski definition) is 1. The lowest BCUT2D eigenvalue weighted by molar-refractivity contribution is 0.118. The highest BCUT2D eigenvalue weighted by atomic mass is 16.3. The molecule has 5 nitrogen and oxygen atoms in total. The van der Waals surface area contributed by atoms with Gasteiger partial charge in [0.2, 0.25) is 0 Å². The first-order valence-corrected chi connectivity index (χ1v) is 7.62. The average Bonchev–Trinajstić information content (AvgIpc) is 3.17. The van der Waals surface area contributed by atoms with E-state index in [1.807, 2.05) is 35.0 Å². The molecule has 3 rings (SSSR count). The van der Waals surface area contributed by atoms with Gasteiger partial charge in [0.25, 0.3) is 0 Å². The van der Waals surface area contributed by atoms with Crippen molar-refractivity contribution in [3.8, 4) is 0 Å². The number of aliphatic hydroxyl groups is 1. The Hall–Kier alpha value is -1.72. The molecule has 1 fully saturated rings. The molecule has 21 heavy (non-hydrogen) atoms. The molecule has 2 aromatic rings. The summed E-state index contributed by atoms with van der Waals surface area (Å²) in [7, 11) is 0. The van der Waals surface area contributed by atoms with Crippen LogP contribution in [0.3, 0.4) is 0 Å². The molecule has 2 atom stereocenters. The predicted octanol–water partition coefficient (Wildman–Crippen LogP) is 1.87. The van der Waals surface area contributed by atoms with Crippen molar-refractivity contribution in [2.75, 3.05) is 13.1 Å². The molecular formula is C16H22N4O. The fourth-order valence-electron chi connectivity index (χ4n) is 3.10. The van der Waals surface area contributed by atoms with Crippen molar-refractivity contribution in [3.05, 3.63) is 48.5 Å². The highest BCUT2D eigenvalue weighted by Gasteiger charge is 2.26. The number of aromatic nitrogens is 3. The van der Waals surface area contributed by atoms with Crippen LogP contribution in [0.25, 0.3) is 0 Å². The third kappa shape index (κ3) is 3.68. The van der Waals surface area contributed by atoms with Crippen LogP contribution in [0.5, 0.6) is 0 Å². The van der Waals surface area contributed by atoms with Crippen LogP contribution in [0.1, 0.15) is 30.9 Å². The monoisotopic (exact) mass is 286 g/mol. The number of nitrogens with zero attached hydrogens (tertiary/aromatic N) is 4. The normalized spacial score (nSPS) is 20.7. The zero-order valence-corrected chi connectivity index (χ0v) is 12.2. The zero-order chi connectivity index (χ0) is 14.5. The van der Waals surface area contributed by atoms with Gasteiger partial charge in [0.15, 0.2) is 0 Å². The molecule has 1 N–H and O–H groups in total. The summed E-state index contributed by atoms with van der Waals surface area (Å²) in [6.45, 7) is 2.94. The summed E-state index contributed by atoms with van der Waals surface area (Å²) in [5.74, 6) is 0. The van der Waals surface area contributed by atoms with Gasteiger partial charge in [0.05, 0.1) is 12.6 Å². The summed E-state index contributed by atoms with van der Waals surface area (Å²) in [6, 6.07) is 10.4. The summed E-state index contributed by atoms with van der Waals surface area (Å²) in [6.07, 6.45) is 6.14. The number of likely N-dealkylation sites (tertiary alicyclic amines) is 1. The van der Waals surface area contributed by atoms with E-state index in [0.29, 0.717) is 6.04 Å². The Kier molecular flexibility index (Phi) is 4.62. The van der Waals surface area contributed by atoms with Crippen LogP contribution in [0.4, 0.5) is 0 Å². The van der Waals surface area contributed by atoms with Crippen molar-refractivity contribution in [2.24, 2.45) is 0 Å². The van der Waals surface area contributed by atoms with Crippen molar-refractivity contribution in [1.82, 2.24) is 19.7 Å². The van der Waals surface area contributed by atoms with Gasteiger partial charge in [0, 0.05) is 12.6 Å². The molecule has 0 bridgehead atoms. The molecule has 0 aliphatic carbocycles. The van der Waals surface area contributed by atoms with E-state index in [4.69, 9.17) is 0 Å². The van der Waals surface area contributed by atoms with Crippen LogP contribution in [-0.2, 0) is 6.54 Å². The van der Waals surface area contributed by atoms with Gasteiger partial charge >= 0.3 is 0 Å². The van der Waals surface area contributed by atoms with Crippen LogP contribution < -0.4 is 0 Å². The molecule has 0 radical (unpaired) electrons. The molecule has 0 unspecified atom stereocenters. The van der Waals surface area contributed by atoms with Gasteiger partial charge in [-0.05, 0) is 31.4 Å². The minimum atomic E-state index is -0.372. The van der Waals surface area contributed by atoms with Crippen LogP contribution in [0.2, 0.25) is 0 Å². The Labute approximate surface area is 125 Å². The summed E-state index contributed by atoms with van der Waals surface area (Å²) in [5.41, 5.74) is 1.01. The fraction of sp³-hybridized carbons (Fsp3) is 0.500. The Bertz CT molecular complexity index is 528. The Balaban J connectivity index is 1.54. The number of benzene rings is 1. The van der Waals surface area contributed by atoms with Gasteiger partial charge in [-0.15, -0.1) is 0 Å². The SMILES string of the molecule is O[C@H](C[C@H]1CCCN1CCn1cncn1)c1ccccc1. The number of hydrogen-bond acceptors (Lipinski definition) is 4. The highest BCUT2D eigenvalue weighted by Crippen LogP contribution is 2.27. The molecule has 1 aromatic heterocycles. The van der Waals surface area contributed by atoms with E-state index in [-0.39, 0.29) is 6.10 Å². The second-order valence-corrected chi connectivity index (χ2v) is 5.65. The maximum atomic E-state index is 10.4. The first kappa shape index (κ1) is 14.2. The first-order chi connectivity index (χ1) is 10.3. The average molecular weight is 286 g/mol. The minimum Gasteiger partial charge on any atom is -0.388 e. The summed E-state index contributed by atoms with van der Waals surface area (Å²) >= 11 is 0. The van der Waals surface area contributed by atoms with E-state index in [0.717, 1.165) is 31.6 Å². The Morgan fingerprint density at radius 1 is 1.24 bits per heavy atom. The smallest absolute Gasteiger partial charge is 0.137 e. The van der Waals surface area contributed by atoms with E-state index < -0.39 is 0 Å². The molecular weight excluding hydrogens is 264 g/mol. The van der Waals surface area contributed by atoms with Crippen molar-refractivity contribution >= 4 is 0 Å². The van der Waals surface area contributed by atoms with E-state index >= 15 is 0 Å². The lowest BCUT2D eigenvalue weighted by Crippen LogP contribution is -2.33. The molecule has 5 heteroatoms. The molecule has 1 aromatic carbocycles. The molecule has 1 aliphatic heterocycles. The highest BCUT2D eigenvalue weighted by molar-refractivity contribution is 5.17. The maximum Gasteiger partial charge on any atom is 0.137 e. The van der Waals surface area contributed by atoms with Crippen molar-refractivity contribution in [3.63, 3.8) is 0 Å². The van der Waals surface area contributed by atoms with Gasteiger partial charge in [-0.25, -0.2) is 4.98 Å². The first-order valence-electron chi connectivity index (χ1n) is 7.62. The second-order valence-electron chi connectivity index (χ2n) is 5.65. The van der Waals surface area contributed by atoms with Crippen molar-refractivity contribution in [2.45, 2.75) is 38.0 Å². The molecule has 2 heterocycles. The van der Waals surface area contributed by atoms with E-state index in [9.17, 15) is 5.11 Å². The third-order valence-electron chi connectivity index (χ3n) is 4.26. The van der Waals surface area contributed by atoms with Crippen molar-refractivity contribution in [1.29, 1.82) is 0 Å². The van der Waals surface area contributed by atoms with Crippen molar-refractivity contribution < 1.29 is 5.11 Å². The Morgan fingerprint density at radius 3 is 2.86 bits per heavy atom. The van der Waals surface area contributed by atoms with Gasteiger partial charge in [-0.3, -0.25) is 9.58 Å². The fourth-order valence-corrected chi connectivity index (χ4v) is 3.10. The maximum absolute atomic E-state index is 10.4. The minimum absolute atomic E-state index is 0.372. The van der Waals surface area contributed by atoms with Gasteiger partial charge in [0.1, 0.15) is 12.7 Å². The molecule has 112 valence electrons. The largest absolute Gasteiger partial charge is 0.388 e. The number of aliphatic hydroxyl groups excluding tert-OH is 1. The van der Waals surface area contributed by atoms with E-state index in [1.54, 1.807) is 12.7 Å². The molecule has 1 saturated heterocycles. The summed E-state index contributed by atoms with van der Waals surface area (Å²) in [5, 5.41) is 14.5. The van der Waals surface area contributed by atoms with Crippen LogP contribution in [0.15, 0.2) is 43.0 Å². The quantitative estimate of drug-likeness (QED) is 0.881. The third-order valence-corrected chi connectivity index (χ3v) is 4.26.